The molecule has 72 valence electrons. The number of oxazole rings is 1. The van der Waals surface area contributed by atoms with Crippen LogP contribution in [0.3, 0.4) is 0 Å². The van der Waals surface area contributed by atoms with E-state index in [9.17, 15) is 0 Å². The Morgan fingerprint density at radius 1 is 1.43 bits per heavy atom. The van der Waals surface area contributed by atoms with Gasteiger partial charge in [0, 0.05) is 10.0 Å². The van der Waals surface area contributed by atoms with Crippen molar-refractivity contribution >= 4 is 15.9 Å². The smallest absolute Gasteiger partial charge is 0.220 e. The number of rotatable bonds is 2. The average Bonchev–Trinajstić information content (AvgIpc) is 2.66. The van der Waals surface area contributed by atoms with Crippen LogP contribution in [0, 0.1) is 0 Å². The lowest BCUT2D eigenvalue weighted by atomic mass is 10.2. The SMILES string of the molecule is OCc1nc(-c2cccc(Br)c2)co1. The van der Waals surface area contributed by atoms with E-state index >= 15 is 0 Å². The van der Waals surface area contributed by atoms with Crippen molar-refractivity contribution in [1.29, 1.82) is 0 Å². The number of hydrogen-bond acceptors (Lipinski definition) is 3. The topological polar surface area (TPSA) is 46.3 Å². The van der Waals surface area contributed by atoms with Crippen LogP contribution in [-0.4, -0.2) is 10.1 Å². The van der Waals surface area contributed by atoms with E-state index < -0.39 is 0 Å². The first-order valence-corrected chi connectivity index (χ1v) is 4.90. The minimum Gasteiger partial charge on any atom is -0.446 e. The van der Waals surface area contributed by atoms with E-state index in [-0.39, 0.29) is 6.61 Å². The highest BCUT2D eigenvalue weighted by Gasteiger charge is 2.04. The fourth-order valence-electron chi connectivity index (χ4n) is 1.16. The van der Waals surface area contributed by atoms with Gasteiger partial charge in [0.05, 0.1) is 0 Å². The van der Waals surface area contributed by atoms with Crippen LogP contribution >= 0.6 is 15.9 Å². The maximum absolute atomic E-state index is 8.79. The molecule has 0 atom stereocenters. The molecular weight excluding hydrogens is 246 g/mol. The van der Waals surface area contributed by atoms with E-state index in [4.69, 9.17) is 9.52 Å². The van der Waals surface area contributed by atoms with Crippen LogP contribution in [0.1, 0.15) is 5.89 Å². The van der Waals surface area contributed by atoms with Gasteiger partial charge in [-0.2, -0.15) is 0 Å². The second kappa shape index (κ2) is 3.94. The van der Waals surface area contributed by atoms with Crippen LogP contribution in [0.2, 0.25) is 0 Å². The highest BCUT2D eigenvalue weighted by Crippen LogP contribution is 2.22. The summed E-state index contributed by atoms with van der Waals surface area (Å²) in [4.78, 5) is 4.10. The molecule has 0 spiro atoms. The molecule has 0 amide bonds. The van der Waals surface area contributed by atoms with Gasteiger partial charge in [-0.05, 0) is 12.1 Å². The highest BCUT2D eigenvalue weighted by atomic mass is 79.9. The van der Waals surface area contributed by atoms with Crippen LogP contribution in [0.25, 0.3) is 11.3 Å². The zero-order valence-corrected chi connectivity index (χ0v) is 8.86. The second-order valence-electron chi connectivity index (χ2n) is 2.79. The van der Waals surface area contributed by atoms with E-state index in [1.807, 2.05) is 24.3 Å². The molecule has 0 radical (unpaired) electrons. The van der Waals surface area contributed by atoms with Crippen molar-refractivity contribution in [3.63, 3.8) is 0 Å². The monoisotopic (exact) mass is 253 g/mol. The molecule has 0 bridgehead atoms. The summed E-state index contributed by atoms with van der Waals surface area (Å²) in [6.07, 6.45) is 1.54. The molecule has 2 rings (SSSR count). The fourth-order valence-corrected chi connectivity index (χ4v) is 1.56. The Bertz CT molecular complexity index is 439. The largest absolute Gasteiger partial charge is 0.446 e. The molecular formula is C10H8BrNO2. The Hall–Kier alpha value is -1.13. The van der Waals surface area contributed by atoms with Crippen LogP contribution in [0.4, 0.5) is 0 Å². The van der Waals surface area contributed by atoms with Gasteiger partial charge in [0.2, 0.25) is 5.89 Å². The van der Waals surface area contributed by atoms with Gasteiger partial charge in [-0.25, -0.2) is 4.98 Å². The van der Waals surface area contributed by atoms with E-state index in [1.165, 1.54) is 6.26 Å². The lowest BCUT2D eigenvalue weighted by Gasteiger charge is -1.95. The third-order valence-electron chi connectivity index (χ3n) is 1.81. The number of aliphatic hydroxyl groups is 1. The van der Waals surface area contributed by atoms with Crippen molar-refractivity contribution in [2.75, 3.05) is 0 Å². The summed E-state index contributed by atoms with van der Waals surface area (Å²) in [7, 11) is 0. The zero-order chi connectivity index (χ0) is 9.97. The molecule has 0 fully saturated rings. The first-order chi connectivity index (χ1) is 6.79. The molecule has 0 aliphatic heterocycles. The van der Waals surface area contributed by atoms with Gasteiger partial charge in [-0.15, -0.1) is 0 Å². The van der Waals surface area contributed by atoms with Gasteiger partial charge < -0.3 is 9.52 Å². The summed E-state index contributed by atoms with van der Waals surface area (Å²) >= 11 is 3.38. The van der Waals surface area contributed by atoms with Crippen LogP contribution in [-0.2, 0) is 6.61 Å². The van der Waals surface area contributed by atoms with Crippen molar-refractivity contribution in [3.05, 3.63) is 40.9 Å². The van der Waals surface area contributed by atoms with Gasteiger partial charge in [0.15, 0.2) is 0 Å². The van der Waals surface area contributed by atoms with E-state index in [0.717, 1.165) is 15.7 Å². The predicted octanol–water partition coefficient (Wildman–Crippen LogP) is 2.60. The van der Waals surface area contributed by atoms with Crippen molar-refractivity contribution in [2.24, 2.45) is 0 Å². The lowest BCUT2D eigenvalue weighted by Crippen LogP contribution is -1.82. The molecule has 0 saturated carbocycles. The Morgan fingerprint density at radius 2 is 2.29 bits per heavy atom. The number of aromatic nitrogens is 1. The molecule has 3 nitrogen and oxygen atoms in total. The number of benzene rings is 1. The Balaban J connectivity index is 2.39. The molecule has 4 heteroatoms. The van der Waals surface area contributed by atoms with Crippen LogP contribution < -0.4 is 0 Å². The van der Waals surface area contributed by atoms with E-state index in [2.05, 4.69) is 20.9 Å². The summed E-state index contributed by atoms with van der Waals surface area (Å²) in [6.45, 7) is -0.173. The minimum atomic E-state index is -0.173. The Kier molecular flexibility index (Phi) is 2.65. The van der Waals surface area contributed by atoms with Gasteiger partial charge in [-0.1, -0.05) is 28.1 Å². The highest BCUT2D eigenvalue weighted by molar-refractivity contribution is 9.10. The minimum absolute atomic E-state index is 0.173. The van der Waals surface area contributed by atoms with Gasteiger partial charge in [-0.3, -0.25) is 0 Å². The van der Waals surface area contributed by atoms with Gasteiger partial charge in [0.25, 0.3) is 0 Å². The number of aliphatic hydroxyl groups excluding tert-OH is 1. The average molecular weight is 254 g/mol. The molecule has 0 aliphatic carbocycles. The molecule has 1 aromatic heterocycles. The molecule has 0 aliphatic rings. The first kappa shape index (κ1) is 9.43. The quantitative estimate of drug-likeness (QED) is 0.895. The van der Waals surface area contributed by atoms with E-state index in [0.29, 0.717) is 5.89 Å². The van der Waals surface area contributed by atoms with Gasteiger partial charge >= 0.3 is 0 Å². The number of nitrogens with zero attached hydrogens (tertiary/aromatic N) is 1. The summed E-state index contributed by atoms with van der Waals surface area (Å²) < 4.78 is 6.02. The standard InChI is InChI=1S/C10H8BrNO2/c11-8-3-1-2-7(4-8)9-6-14-10(5-13)12-9/h1-4,6,13H,5H2. The molecule has 2 aromatic rings. The molecule has 0 saturated heterocycles. The number of halogens is 1. The summed E-state index contributed by atoms with van der Waals surface area (Å²) in [6, 6.07) is 7.74. The zero-order valence-electron chi connectivity index (χ0n) is 7.27. The third-order valence-corrected chi connectivity index (χ3v) is 2.30. The molecule has 1 heterocycles. The van der Waals surface area contributed by atoms with Crippen molar-refractivity contribution in [1.82, 2.24) is 4.98 Å². The second-order valence-corrected chi connectivity index (χ2v) is 3.71. The van der Waals surface area contributed by atoms with Crippen molar-refractivity contribution in [2.45, 2.75) is 6.61 Å². The lowest BCUT2D eigenvalue weighted by molar-refractivity contribution is 0.240. The summed E-state index contributed by atoms with van der Waals surface area (Å²) in [5.41, 5.74) is 1.69. The van der Waals surface area contributed by atoms with Gasteiger partial charge in [0.1, 0.15) is 18.6 Å². The maximum atomic E-state index is 8.79. The number of hydrogen-bond donors (Lipinski definition) is 1. The van der Waals surface area contributed by atoms with Crippen LogP contribution in [0.15, 0.2) is 39.4 Å². The van der Waals surface area contributed by atoms with E-state index in [1.54, 1.807) is 0 Å². The van der Waals surface area contributed by atoms with Crippen molar-refractivity contribution < 1.29 is 9.52 Å². The van der Waals surface area contributed by atoms with Crippen LogP contribution in [0.5, 0.6) is 0 Å². The fraction of sp³-hybridized carbons (Fsp3) is 0.100. The van der Waals surface area contributed by atoms with Crippen molar-refractivity contribution in [3.8, 4) is 11.3 Å². The first-order valence-electron chi connectivity index (χ1n) is 4.11. The predicted molar refractivity (Wildman–Crippen MR) is 55.6 cm³/mol. The molecule has 0 unspecified atom stereocenters. The third kappa shape index (κ3) is 1.86. The Morgan fingerprint density at radius 3 is 2.93 bits per heavy atom. The summed E-state index contributed by atoms with van der Waals surface area (Å²) in [5, 5.41) is 8.79. The summed E-state index contributed by atoms with van der Waals surface area (Å²) in [5.74, 6) is 0.333. The maximum Gasteiger partial charge on any atom is 0.220 e. The normalized spacial score (nSPS) is 10.4. The molecule has 14 heavy (non-hydrogen) atoms. The Labute approximate surface area is 89.5 Å². The molecule has 1 aromatic carbocycles. The molecule has 1 N–H and O–H groups in total.